The van der Waals surface area contributed by atoms with Crippen molar-refractivity contribution in [1.29, 1.82) is 0 Å². The second-order valence-corrected chi connectivity index (χ2v) is 0. The van der Waals surface area contributed by atoms with Crippen molar-refractivity contribution in [1.82, 2.24) is 0 Å². The van der Waals surface area contributed by atoms with Crippen molar-refractivity contribution in [3.8, 4) is 0 Å². The normalized spacial score (nSPS) is 2.57. The Morgan fingerprint density at radius 3 is 0.571 bits per heavy atom. The first-order valence-electron chi connectivity index (χ1n) is 3.00. The molecule has 0 spiro atoms. The molecule has 0 aliphatic heterocycles. The van der Waals surface area contributed by atoms with Crippen LogP contribution < -0.4 is 0 Å². The minimum atomic E-state index is 0. The van der Waals surface area contributed by atoms with E-state index < -0.39 is 0 Å². The SMILES string of the molecule is CC.CC.CC.[AlH3].[HH].[HH]. The summed E-state index contributed by atoms with van der Waals surface area (Å²) in [4.78, 5) is 0. The highest BCUT2D eigenvalue weighted by Crippen LogP contribution is 1.15. The molecule has 0 aliphatic carbocycles. The fraction of sp³-hybridized carbons (Fsp3) is 1.00. The predicted octanol–water partition coefficient (Wildman–Crippen LogP) is 2.39. The topological polar surface area (TPSA) is 0 Å². The molecule has 0 nitrogen and oxygen atoms in total. The summed E-state index contributed by atoms with van der Waals surface area (Å²) in [5.74, 6) is 0. The molecule has 0 aromatic rings. The Hall–Kier alpha value is 0.532. The average Bonchev–Trinajstić information content (AvgIpc) is 1.81. The molecule has 0 unspecified atom stereocenters. The molecule has 0 heterocycles. The third-order valence-corrected chi connectivity index (χ3v) is 0. The van der Waals surface area contributed by atoms with E-state index in [2.05, 4.69) is 0 Å². The number of hydrogen-bond donors (Lipinski definition) is 0. The molecule has 52 valence electrons. The Morgan fingerprint density at radius 2 is 0.571 bits per heavy atom. The van der Waals surface area contributed by atoms with Crippen LogP contribution in [0.4, 0.5) is 0 Å². The summed E-state index contributed by atoms with van der Waals surface area (Å²) in [6, 6.07) is 0. The molecule has 0 aliphatic rings. The van der Waals surface area contributed by atoms with Crippen molar-refractivity contribution in [2.24, 2.45) is 0 Å². The van der Waals surface area contributed by atoms with Gasteiger partial charge in [-0.15, -0.1) is 0 Å². The van der Waals surface area contributed by atoms with Crippen LogP contribution in [0.25, 0.3) is 0 Å². The van der Waals surface area contributed by atoms with Gasteiger partial charge in [-0.1, -0.05) is 41.5 Å². The average molecular weight is 124 g/mol. The summed E-state index contributed by atoms with van der Waals surface area (Å²) >= 11 is 0. The molecule has 0 fully saturated rings. The Bertz CT molecular complexity index is 11.0. The molecule has 0 atom stereocenters. The molecule has 0 rings (SSSR count). The summed E-state index contributed by atoms with van der Waals surface area (Å²) in [7, 11) is 0. The zero-order valence-electron chi connectivity index (χ0n) is 6.00. The highest BCUT2D eigenvalue weighted by atomic mass is 27.0. The minimum absolute atomic E-state index is 0. The summed E-state index contributed by atoms with van der Waals surface area (Å²) in [6.45, 7) is 12.0. The van der Waals surface area contributed by atoms with Crippen molar-refractivity contribution < 1.29 is 2.85 Å². The predicted molar refractivity (Wildman–Crippen MR) is 48.2 cm³/mol. The minimum Gasteiger partial charge on any atom is -0.0683 e. The van der Waals surface area contributed by atoms with Gasteiger partial charge in [0.05, 0.1) is 0 Å². The summed E-state index contributed by atoms with van der Waals surface area (Å²) < 4.78 is 0. The van der Waals surface area contributed by atoms with Crippen LogP contribution in [0.3, 0.4) is 0 Å². The van der Waals surface area contributed by atoms with Gasteiger partial charge in [0.2, 0.25) is 0 Å². The number of rotatable bonds is 0. The van der Waals surface area contributed by atoms with Crippen molar-refractivity contribution >= 4 is 17.4 Å². The van der Waals surface area contributed by atoms with E-state index in [1.54, 1.807) is 0 Å². The lowest BCUT2D eigenvalue weighted by molar-refractivity contribution is 1.50. The molecule has 0 bridgehead atoms. The van der Waals surface area contributed by atoms with Crippen molar-refractivity contribution in [2.45, 2.75) is 41.5 Å². The van der Waals surface area contributed by atoms with Crippen LogP contribution >= 0.6 is 0 Å². The Morgan fingerprint density at radius 1 is 0.571 bits per heavy atom. The van der Waals surface area contributed by atoms with Gasteiger partial charge in [0.1, 0.15) is 0 Å². The fourth-order valence-corrected chi connectivity index (χ4v) is 0. The van der Waals surface area contributed by atoms with E-state index in [0.29, 0.717) is 0 Å². The third-order valence-electron chi connectivity index (χ3n) is 0. The van der Waals surface area contributed by atoms with Gasteiger partial charge in [-0.2, -0.15) is 0 Å². The fourth-order valence-electron chi connectivity index (χ4n) is 0. The molecule has 0 saturated carbocycles. The lowest BCUT2D eigenvalue weighted by Gasteiger charge is -1.07. The van der Waals surface area contributed by atoms with Crippen molar-refractivity contribution in [2.75, 3.05) is 0 Å². The van der Waals surface area contributed by atoms with Crippen LogP contribution in [-0.2, 0) is 0 Å². The van der Waals surface area contributed by atoms with Gasteiger partial charge in [-0.05, 0) is 0 Å². The first kappa shape index (κ1) is 25.8. The highest BCUT2D eigenvalue weighted by Gasteiger charge is 0.936. The second-order valence-electron chi connectivity index (χ2n) is 0. The maximum Gasteiger partial charge on any atom is 0.187 e. The Labute approximate surface area is 62.4 Å². The van der Waals surface area contributed by atoms with E-state index in [1.807, 2.05) is 41.5 Å². The molecule has 0 N–H and O–H groups in total. The second kappa shape index (κ2) is 705. The molecule has 0 aromatic carbocycles. The molecular formula is C6H25Al. The van der Waals surface area contributed by atoms with Crippen molar-refractivity contribution in [3.63, 3.8) is 0 Å². The first-order valence-corrected chi connectivity index (χ1v) is 3.00. The van der Waals surface area contributed by atoms with Crippen molar-refractivity contribution in [3.05, 3.63) is 0 Å². The maximum atomic E-state index is 2.00. The molecule has 0 amide bonds. The van der Waals surface area contributed by atoms with Gasteiger partial charge in [-0.25, -0.2) is 0 Å². The standard InChI is InChI=1S/3C2H6.Al.2H2.3H/c3*1-2;;;;;;/h3*1-2H3;;2*1H;;;. The van der Waals surface area contributed by atoms with Crippen LogP contribution in [0.5, 0.6) is 0 Å². The smallest absolute Gasteiger partial charge is 0.0683 e. The number of hydrogen-bond acceptors (Lipinski definition) is 0. The monoisotopic (exact) mass is 124 g/mol. The summed E-state index contributed by atoms with van der Waals surface area (Å²) in [6.07, 6.45) is 0. The molecule has 0 radical (unpaired) electrons. The van der Waals surface area contributed by atoms with Gasteiger partial charge in [0, 0.05) is 2.85 Å². The third kappa shape index (κ3) is 473. The van der Waals surface area contributed by atoms with Gasteiger partial charge in [0.15, 0.2) is 17.4 Å². The Kier molecular flexibility index (Phi) is 2600. The van der Waals surface area contributed by atoms with Crippen LogP contribution in [0.15, 0.2) is 0 Å². The highest BCUT2D eigenvalue weighted by molar-refractivity contribution is 5.75. The van der Waals surface area contributed by atoms with E-state index in [4.69, 9.17) is 0 Å². The molecule has 0 aromatic heterocycles. The van der Waals surface area contributed by atoms with E-state index in [0.717, 1.165) is 0 Å². The lowest BCUT2D eigenvalue weighted by Crippen LogP contribution is -0.856. The maximum absolute atomic E-state index is 2.00. The van der Waals surface area contributed by atoms with E-state index in [9.17, 15) is 0 Å². The molecular weight excluding hydrogens is 99.0 g/mol. The van der Waals surface area contributed by atoms with E-state index in [-0.39, 0.29) is 20.2 Å². The molecule has 1 heteroatoms. The van der Waals surface area contributed by atoms with Gasteiger partial charge in [0.25, 0.3) is 0 Å². The molecule has 7 heavy (non-hydrogen) atoms. The first-order chi connectivity index (χ1) is 3.00. The van der Waals surface area contributed by atoms with E-state index >= 15 is 0 Å². The Balaban J connectivity index is -0.00000000321. The van der Waals surface area contributed by atoms with Crippen LogP contribution in [0.1, 0.15) is 44.4 Å². The van der Waals surface area contributed by atoms with E-state index in [1.165, 1.54) is 0 Å². The largest absolute Gasteiger partial charge is 0.187 e. The summed E-state index contributed by atoms with van der Waals surface area (Å²) in [5, 5.41) is 0. The van der Waals surface area contributed by atoms with Gasteiger partial charge >= 0.3 is 0 Å². The van der Waals surface area contributed by atoms with Crippen LogP contribution in [0, 0.1) is 0 Å². The summed E-state index contributed by atoms with van der Waals surface area (Å²) in [5.41, 5.74) is 0. The quantitative estimate of drug-likeness (QED) is 0.435. The van der Waals surface area contributed by atoms with Gasteiger partial charge < -0.3 is 0 Å². The van der Waals surface area contributed by atoms with Crippen LogP contribution in [-0.4, -0.2) is 17.4 Å². The van der Waals surface area contributed by atoms with Crippen LogP contribution in [0.2, 0.25) is 0 Å². The zero-order valence-corrected chi connectivity index (χ0v) is 6.00. The molecule has 0 saturated heterocycles. The lowest BCUT2D eigenvalue weighted by atomic mass is 11.0. The zero-order chi connectivity index (χ0) is 6.00. The van der Waals surface area contributed by atoms with Gasteiger partial charge in [-0.3, -0.25) is 0 Å².